The van der Waals surface area contributed by atoms with Gasteiger partial charge in [-0.25, -0.2) is 0 Å². The molecule has 0 amide bonds. The number of aliphatic hydroxyl groups is 1. The van der Waals surface area contributed by atoms with Crippen LogP contribution in [0.5, 0.6) is 0 Å². The van der Waals surface area contributed by atoms with Gasteiger partial charge in [-0.2, -0.15) is 0 Å². The van der Waals surface area contributed by atoms with Crippen molar-refractivity contribution in [2.75, 3.05) is 12.9 Å². The van der Waals surface area contributed by atoms with Gasteiger partial charge in [0.05, 0.1) is 0 Å². The largest absolute Gasteiger partial charge is 0.396 e. The number of halogens is 1. The van der Waals surface area contributed by atoms with Crippen LogP contribution in [0, 0.1) is 6.92 Å². The third-order valence-electron chi connectivity index (χ3n) is 1.85. The van der Waals surface area contributed by atoms with E-state index in [1.807, 2.05) is 24.5 Å². The molecule has 1 rings (SSSR count). The van der Waals surface area contributed by atoms with Crippen LogP contribution in [-0.4, -0.2) is 18.0 Å². The van der Waals surface area contributed by atoms with E-state index >= 15 is 0 Å². The van der Waals surface area contributed by atoms with E-state index in [4.69, 9.17) is 16.7 Å². The average molecular weight is 216 g/mol. The summed E-state index contributed by atoms with van der Waals surface area (Å²) in [6.45, 7) is 3.90. The Balaban J connectivity index is 3.07. The maximum absolute atomic E-state index is 8.98. The summed E-state index contributed by atoms with van der Waals surface area (Å²) in [5.74, 6) is -0.0962. The molecule has 1 unspecified atom stereocenters. The lowest BCUT2D eigenvalue weighted by Crippen LogP contribution is -2.00. The summed E-state index contributed by atoms with van der Waals surface area (Å²) in [5, 5.41) is 9.67. The Morgan fingerprint density at radius 2 is 2.31 bits per heavy atom. The predicted molar refractivity (Wildman–Crippen MR) is 58.4 cm³/mol. The van der Waals surface area contributed by atoms with Gasteiger partial charge in [-0.15, -0.1) is 11.8 Å². The molecule has 0 bridgehead atoms. The zero-order chi connectivity index (χ0) is 9.84. The Hall–Kier alpha value is -0.180. The Labute approximate surface area is 88.1 Å². The third kappa shape index (κ3) is 2.63. The minimum absolute atomic E-state index is 0.0495. The van der Waals surface area contributed by atoms with Gasteiger partial charge in [0.1, 0.15) is 0 Å². The second kappa shape index (κ2) is 4.89. The highest BCUT2D eigenvalue weighted by molar-refractivity contribution is 7.98. The first-order valence-electron chi connectivity index (χ1n) is 3.96. The van der Waals surface area contributed by atoms with Gasteiger partial charge in [0.25, 0.3) is 0 Å². The van der Waals surface area contributed by atoms with Crippen LogP contribution in [0.25, 0.3) is 0 Å². The SMILES string of the molecule is [CH2]C(CO)c1cc(Cl)ccc1SC. The molecule has 1 N–H and O–H groups in total. The summed E-state index contributed by atoms with van der Waals surface area (Å²) in [6.07, 6.45) is 2.00. The van der Waals surface area contributed by atoms with Crippen molar-refractivity contribution in [2.24, 2.45) is 0 Å². The number of rotatable bonds is 3. The van der Waals surface area contributed by atoms with Crippen LogP contribution in [0.15, 0.2) is 23.1 Å². The van der Waals surface area contributed by atoms with E-state index in [1.165, 1.54) is 0 Å². The standard InChI is InChI=1S/C10H12ClOS/c1-7(6-12)9-5-8(11)3-4-10(9)13-2/h3-5,7,12H,1,6H2,2H3. The van der Waals surface area contributed by atoms with E-state index in [2.05, 4.69) is 6.92 Å². The number of thioether (sulfide) groups is 1. The fraction of sp³-hybridized carbons (Fsp3) is 0.300. The van der Waals surface area contributed by atoms with Gasteiger partial charge in [-0.3, -0.25) is 0 Å². The van der Waals surface area contributed by atoms with E-state index in [0.29, 0.717) is 5.02 Å². The molecule has 71 valence electrons. The Kier molecular flexibility index (Phi) is 4.10. The van der Waals surface area contributed by atoms with Crippen LogP contribution in [-0.2, 0) is 0 Å². The van der Waals surface area contributed by atoms with Gasteiger partial charge in [0.2, 0.25) is 0 Å². The normalized spacial score (nSPS) is 12.9. The van der Waals surface area contributed by atoms with Crippen molar-refractivity contribution in [2.45, 2.75) is 10.8 Å². The number of benzene rings is 1. The van der Waals surface area contributed by atoms with Gasteiger partial charge in [-0.1, -0.05) is 11.6 Å². The van der Waals surface area contributed by atoms with E-state index in [-0.39, 0.29) is 12.5 Å². The molecule has 0 aliphatic heterocycles. The van der Waals surface area contributed by atoms with Crippen LogP contribution in [0.2, 0.25) is 5.02 Å². The van der Waals surface area contributed by atoms with E-state index in [9.17, 15) is 0 Å². The molecular formula is C10H12ClOS. The molecule has 3 heteroatoms. The zero-order valence-electron chi connectivity index (χ0n) is 7.46. The van der Waals surface area contributed by atoms with Crippen LogP contribution in [0.4, 0.5) is 0 Å². The minimum Gasteiger partial charge on any atom is -0.396 e. The molecule has 1 atom stereocenters. The van der Waals surface area contributed by atoms with Crippen molar-refractivity contribution in [3.8, 4) is 0 Å². The summed E-state index contributed by atoms with van der Waals surface area (Å²) in [5.41, 5.74) is 1.02. The molecule has 0 fully saturated rings. The van der Waals surface area contributed by atoms with Gasteiger partial charge in [-0.05, 0) is 36.9 Å². The smallest absolute Gasteiger partial charge is 0.0500 e. The summed E-state index contributed by atoms with van der Waals surface area (Å²) in [4.78, 5) is 1.12. The van der Waals surface area contributed by atoms with Gasteiger partial charge in [0, 0.05) is 22.4 Å². The van der Waals surface area contributed by atoms with E-state index in [0.717, 1.165) is 10.5 Å². The topological polar surface area (TPSA) is 20.2 Å². The first-order chi connectivity index (χ1) is 6.19. The van der Waals surface area contributed by atoms with Gasteiger partial charge in [0.15, 0.2) is 0 Å². The molecule has 0 heterocycles. The lowest BCUT2D eigenvalue weighted by Gasteiger charge is -2.12. The quantitative estimate of drug-likeness (QED) is 0.783. The maximum Gasteiger partial charge on any atom is 0.0500 e. The summed E-state index contributed by atoms with van der Waals surface area (Å²) >= 11 is 7.49. The van der Waals surface area contributed by atoms with E-state index < -0.39 is 0 Å². The highest BCUT2D eigenvalue weighted by Crippen LogP contribution is 2.29. The molecule has 0 spiro atoms. The Morgan fingerprint density at radius 1 is 1.62 bits per heavy atom. The molecule has 0 aliphatic rings. The van der Waals surface area contributed by atoms with Crippen LogP contribution in [0.3, 0.4) is 0 Å². The molecule has 1 aromatic rings. The highest BCUT2D eigenvalue weighted by atomic mass is 35.5. The number of hydrogen-bond acceptors (Lipinski definition) is 2. The van der Waals surface area contributed by atoms with Gasteiger partial charge < -0.3 is 5.11 Å². The predicted octanol–water partition coefficient (Wildman–Crippen LogP) is 2.97. The van der Waals surface area contributed by atoms with Crippen molar-refractivity contribution in [3.05, 3.63) is 35.7 Å². The number of hydrogen-bond donors (Lipinski definition) is 1. The van der Waals surface area contributed by atoms with Crippen LogP contribution < -0.4 is 0 Å². The molecule has 1 aromatic carbocycles. The van der Waals surface area contributed by atoms with Crippen molar-refractivity contribution in [1.29, 1.82) is 0 Å². The van der Waals surface area contributed by atoms with Crippen molar-refractivity contribution >= 4 is 23.4 Å². The molecule has 1 radical (unpaired) electrons. The monoisotopic (exact) mass is 215 g/mol. The summed E-state index contributed by atoms with van der Waals surface area (Å²) in [7, 11) is 0. The molecule has 1 nitrogen and oxygen atoms in total. The summed E-state index contributed by atoms with van der Waals surface area (Å²) in [6, 6.07) is 5.67. The second-order valence-corrected chi connectivity index (χ2v) is 4.05. The fourth-order valence-electron chi connectivity index (χ4n) is 1.12. The average Bonchev–Trinajstić information content (AvgIpc) is 2.16. The van der Waals surface area contributed by atoms with Crippen molar-refractivity contribution < 1.29 is 5.11 Å². The molecule has 13 heavy (non-hydrogen) atoms. The fourth-order valence-corrected chi connectivity index (χ4v) is 1.97. The second-order valence-electron chi connectivity index (χ2n) is 2.77. The van der Waals surface area contributed by atoms with Crippen molar-refractivity contribution in [1.82, 2.24) is 0 Å². The molecular weight excluding hydrogens is 204 g/mol. The summed E-state index contributed by atoms with van der Waals surface area (Å²) < 4.78 is 0. The highest BCUT2D eigenvalue weighted by Gasteiger charge is 2.09. The Morgan fingerprint density at radius 3 is 2.85 bits per heavy atom. The van der Waals surface area contributed by atoms with Crippen molar-refractivity contribution in [3.63, 3.8) is 0 Å². The molecule has 0 aliphatic carbocycles. The molecule has 0 saturated heterocycles. The zero-order valence-corrected chi connectivity index (χ0v) is 9.03. The first-order valence-corrected chi connectivity index (χ1v) is 5.56. The van der Waals surface area contributed by atoms with Gasteiger partial charge >= 0.3 is 0 Å². The number of aliphatic hydroxyl groups excluding tert-OH is 1. The minimum atomic E-state index is -0.0962. The first kappa shape index (κ1) is 10.9. The lowest BCUT2D eigenvalue weighted by atomic mass is 10.0. The van der Waals surface area contributed by atoms with Crippen LogP contribution >= 0.6 is 23.4 Å². The lowest BCUT2D eigenvalue weighted by molar-refractivity contribution is 0.281. The van der Waals surface area contributed by atoms with E-state index in [1.54, 1.807) is 11.8 Å². The molecule has 0 aromatic heterocycles. The van der Waals surface area contributed by atoms with Crippen LogP contribution in [0.1, 0.15) is 11.5 Å². The third-order valence-corrected chi connectivity index (χ3v) is 2.90. The maximum atomic E-state index is 8.98. The molecule has 0 saturated carbocycles. The Bertz CT molecular complexity index is 288.